The van der Waals surface area contributed by atoms with Gasteiger partial charge in [-0.15, -0.1) is 0 Å². The van der Waals surface area contributed by atoms with Crippen LogP contribution in [-0.2, 0) is 11.3 Å². The topological polar surface area (TPSA) is 110 Å². The second-order valence-electron chi connectivity index (χ2n) is 4.35. The SMILES string of the molecule is Cc1ccc(NC(=O)Cn2[nH]c(=O)ccc2=O)cc1N. The Labute approximate surface area is 114 Å². The van der Waals surface area contributed by atoms with E-state index in [4.69, 9.17) is 5.73 Å². The minimum atomic E-state index is -0.455. The molecule has 0 aliphatic rings. The van der Waals surface area contributed by atoms with Crippen molar-refractivity contribution in [2.45, 2.75) is 13.5 Å². The number of amides is 1. The predicted octanol–water partition coefficient (Wildman–Crippen LogP) is 0.0659. The Morgan fingerprint density at radius 3 is 2.75 bits per heavy atom. The highest BCUT2D eigenvalue weighted by molar-refractivity contribution is 5.91. The van der Waals surface area contributed by atoms with E-state index in [0.717, 1.165) is 22.4 Å². The van der Waals surface area contributed by atoms with E-state index in [2.05, 4.69) is 10.4 Å². The molecule has 0 saturated heterocycles. The summed E-state index contributed by atoms with van der Waals surface area (Å²) in [7, 11) is 0. The summed E-state index contributed by atoms with van der Waals surface area (Å²) in [4.78, 5) is 34.4. The van der Waals surface area contributed by atoms with Gasteiger partial charge in [0.1, 0.15) is 6.54 Å². The number of carbonyl (C=O) groups excluding carboxylic acids is 1. The second-order valence-corrected chi connectivity index (χ2v) is 4.35. The van der Waals surface area contributed by atoms with Crippen molar-refractivity contribution in [3.8, 4) is 0 Å². The first-order valence-electron chi connectivity index (χ1n) is 5.92. The first kappa shape index (κ1) is 13.6. The highest BCUT2D eigenvalue weighted by atomic mass is 16.2. The third-order valence-corrected chi connectivity index (χ3v) is 2.75. The minimum Gasteiger partial charge on any atom is -0.398 e. The van der Waals surface area contributed by atoms with Crippen LogP contribution in [0.5, 0.6) is 0 Å². The Morgan fingerprint density at radius 2 is 2.05 bits per heavy atom. The first-order chi connectivity index (χ1) is 9.45. The van der Waals surface area contributed by atoms with Gasteiger partial charge >= 0.3 is 0 Å². The predicted molar refractivity (Wildman–Crippen MR) is 75.5 cm³/mol. The van der Waals surface area contributed by atoms with E-state index in [1.807, 2.05) is 6.92 Å². The summed E-state index contributed by atoms with van der Waals surface area (Å²) >= 11 is 0. The molecule has 2 rings (SSSR count). The fourth-order valence-corrected chi connectivity index (χ4v) is 1.64. The molecule has 1 amide bonds. The van der Waals surface area contributed by atoms with Crippen LogP contribution in [0.4, 0.5) is 11.4 Å². The number of nitrogens with one attached hydrogen (secondary N) is 2. The van der Waals surface area contributed by atoms with Gasteiger partial charge in [-0.25, -0.2) is 4.68 Å². The summed E-state index contributed by atoms with van der Waals surface area (Å²) in [5.74, 6) is -0.433. The van der Waals surface area contributed by atoms with E-state index < -0.39 is 17.0 Å². The van der Waals surface area contributed by atoms with Crippen LogP contribution in [-0.4, -0.2) is 15.7 Å². The quantitative estimate of drug-likeness (QED) is 0.688. The lowest BCUT2D eigenvalue weighted by Gasteiger charge is -2.08. The third-order valence-electron chi connectivity index (χ3n) is 2.75. The number of H-pyrrole nitrogens is 1. The smallest absolute Gasteiger partial charge is 0.265 e. The molecule has 0 unspecified atom stereocenters. The molecule has 0 aliphatic carbocycles. The number of anilines is 2. The van der Waals surface area contributed by atoms with Crippen LogP contribution in [0.1, 0.15) is 5.56 Å². The molecule has 1 aromatic carbocycles. The minimum absolute atomic E-state index is 0.275. The van der Waals surface area contributed by atoms with Crippen molar-refractivity contribution in [3.05, 3.63) is 56.6 Å². The van der Waals surface area contributed by atoms with Crippen molar-refractivity contribution in [1.29, 1.82) is 0 Å². The number of nitrogens with two attached hydrogens (primary N) is 1. The maximum absolute atomic E-state index is 11.8. The fraction of sp³-hybridized carbons (Fsp3) is 0.154. The largest absolute Gasteiger partial charge is 0.398 e. The van der Waals surface area contributed by atoms with Crippen molar-refractivity contribution in [1.82, 2.24) is 9.78 Å². The Morgan fingerprint density at radius 1 is 1.30 bits per heavy atom. The molecule has 0 atom stereocenters. The zero-order valence-corrected chi connectivity index (χ0v) is 10.8. The summed E-state index contributed by atoms with van der Waals surface area (Å²) in [5.41, 5.74) is 6.84. The second kappa shape index (κ2) is 5.43. The van der Waals surface area contributed by atoms with Gasteiger partial charge in [0.15, 0.2) is 0 Å². The third kappa shape index (κ3) is 3.14. The molecule has 1 aromatic heterocycles. The molecule has 1 heterocycles. The van der Waals surface area contributed by atoms with Crippen molar-refractivity contribution in [3.63, 3.8) is 0 Å². The average molecular weight is 274 g/mol. The van der Waals surface area contributed by atoms with Gasteiger partial charge in [0.25, 0.3) is 11.1 Å². The van der Waals surface area contributed by atoms with E-state index >= 15 is 0 Å². The number of nitrogen functional groups attached to an aromatic ring is 1. The number of carbonyl (C=O) groups is 1. The Hall–Kier alpha value is -2.83. The number of hydrogen-bond acceptors (Lipinski definition) is 4. The number of benzene rings is 1. The van der Waals surface area contributed by atoms with Crippen LogP contribution < -0.4 is 22.2 Å². The monoisotopic (exact) mass is 274 g/mol. The number of nitrogens with zero attached hydrogens (tertiary/aromatic N) is 1. The van der Waals surface area contributed by atoms with Crippen molar-refractivity contribution < 1.29 is 4.79 Å². The number of aromatic amines is 1. The van der Waals surface area contributed by atoms with Gasteiger partial charge in [-0.2, -0.15) is 0 Å². The van der Waals surface area contributed by atoms with Crippen LogP contribution >= 0.6 is 0 Å². The van der Waals surface area contributed by atoms with Gasteiger partial charge in [0.2, 0.25) is 5.91 Å². The van der Waals surface area contributed by atoms with E-state index in [1.165, 1.54) is 0 Å². The maximum atomic E-state index is 11.8. The van der Waals surface area contributed by atoms with Gasteiger partial charge in [0, 0.05) is 23.5 Å². The summed E-state index contributed by atoms with van der Waals surface area (Å²) in [6.07, 6.45) is 0. The van der Waals surface area contributed by atoms with Crippen LogP contribution in [0.2, 0.25) is 0 Å². The van der Waals surface area contributed by atoms with Crippen molar-refractivity contribution in [2.75, 3.05) is 11.1 Å². The average Bonchev–Trinajstić information content (AvgIpc) is 2.38. The molecule has 4 N–H and O–H groups in total. The van der Waals surface area contributed by atoms with Crippen LogP contribution in [0, 0.1) is 6.92 Å². The van der Waals surface area contributed by atoms with E-state index in [9.17, 15) is 14.4 Å². The molecule has 0 bridgehead atoms. The lowest BCUT2D eigenvalue weighted by atomic mass is 10.2. The van der Waals surface area contributed by atoms with Gasteiger partial charge < -0.3 is 11.1 Å². The van der Waals surface area contributed by atoms with Crippen LogP contribution in [0.3, 0.4) is 0 Å². The molecule has 2 aromatic rings. The van der Waals surface area contributed by atoms with Gasteiger partial charge in [-0.3, -0.25) is 19.5 Å². The molecule has 20 heavy (non-hydrogen) atoms. The van der Waals surface area contributed by atoms with Crippen molar-refractivity contribution >= 4 is 17.3 Å². The lowest BCUT2D eigenvalue weighted by Crippen LogP contribution is -2.32. The standard InChI is InChI=1S/C13H14N4O3/c1-8-2-3-9(6-10(8)14)15-12(19)7-17-13(20)5-4-11(18)16-17/h2-6H,7,14H2,1H3,(H,15,19)(H,16,18). The Kier molecular flexibility index (Phi) is 3.69. The summed E-state index contributed by atoms with van der Waals surface area (Å²) in [5, 5.41) is 4.88. The molecular weight excluding hydrogens is 260 g/mol. The fourth-order valence-electron chi connectivity index (χ4n) is 1.64. The summed E-state index contributed by atoms with van der Waals surface area (Å²) in [6, 6.07) is 7.33. The molecule has 0 aliphatic heterocycles. The van der Waals surface area contributed by atoms with Crippen molar-refractivity contribution in [2.24, 2.45) is 0 Å². The number of aryl methyl sites for hydroxylation is 1. The number of rotatable bonds is 3. The summed E-state index contributed by atoms with van der Waals surface area (Å²) in [6.45, 7) is 1.58. The van der Waals surface area contributed by atoms with Crippen LogP contribution in [0.25, 0.3) is 0 Å². The molecule has 0 saturated carbocycles. The zero-order valence-electron chi connectivity index (χ0n) is 10.8. The Bertz CT molecular complexity index is 761. The maximum Gasteiger partial charge on any atom is 0.265 e. The zero-order chi connectivity index (χ0) is 14.7. The molecular formula is C13H14N4O3. The highest BCUT2D eigenvalue weighted by Crippen LogP contribution is 2.16. The first-order valence-corrected chi connectivity index (χ1v) is 5.92. The van der Waals surface area contributed by atoms with E-state index in [1.54, 1.807) is 18.2 Å². The van der Waals surface area contributed by atoms with Crippen LogP contribution in [0.15, 0.2) is 39.9 Å². The molecule has 0 radical (unpaired) electrons. The number of hydrogen-bond donors (Lipinski definition) is 3. The molecule has 0 fully saturated rings. The highest BCUT2D eigenvalue weighted by Gasteiger charge is 2.06. The number of aromatic nitrogens is 2. The van der Waals surface area contributed by atoms with Gasteiger partial charge in [-0.1, -0.05) is 6.07 Å². The Balaban J connectivity index is 2.13. The van der Waals surface area contributed by atoms with E-state index in [-0.39, 0.29) is 6.54 Å². The lowest BCUT2D eigenvalue weighted by molar-refractivity contribution is -0.117. The molecule has 7 nitrogen and oxygen atoms in total. The molecule has 0 spiro atoms. The molecule has 104 valence electrons. The van der Waals surface area contributed by atoms with Gasteiger partial charge in [-0.05, 0) is 24.6 Å². The normalized spacial score (nSPS) is 10.2. The van der Waals surface area contributed by atoms with Gasteiger partial charge in [0.05, 0.1) is 0 Å². The molecule has 7 heteroatoms. The summed E-state index contributed by atoms with van der Waals surface area (Å²) < 4.78 is 0.940. The van der Waals surface area contributed by atoms with E-state index in [0.29, 0.717) is 11.4 Å².